The molecule has 0 amide bonds. The largest absolute Gasteiger partial charge is 0.454 e. The topological polar surface area (TPSA) is 55.8 Å². The second-order valence-corrected chi connectivity index (χ2v) is 5.24. The summed E-state index contributed by atoms with van der Waals surface area (Å²) in [6, 6.07) is 7.48. The van der Waals surface area contributed by atoms with Crippen molar-refractivity contribution in [2.24, 2.45) is 0 Å². The average molecular weight is 291 g/mol. The number of ether oxygens (including phenoxy) is 2. The number of esters is 2. The zero-order valence-electron chi connectivity index (χ0n) is 12.3. The maximum atomic E-state index is 11.5. The summed E-state index contributed by atoms with van der Waals surface area (Å²) >= 11 is 0. The summed E-state index contributed by atoms with van der Waals surface area (Å²) < 4.78 is 9.77. The Bertz CT molecular complexity index is 495. The van der Waals surface area contributed by atoms with E-state index >= 15 is 0 Å². The Morgan fingerprint density at radius 1 is 1.19 bits per heavy atom. The number of carbonyl (C=O) groups is 2. The van der Waals surface area contributed by atoms with E-state index in [-0.39, 0.29) is 6.61 Å². The molecule has 2 rings (SSSR count). The Morgan fingerprint density at radius 2 is 1.95 bits per heavy atom. The zero-order valence-corrected chi connectivity index (χ0v) is 12.3. The lowest BCUT2D eigenvalue weighted by Crippen LogP contribution is -2.29. The number of hydrogen-bond donors (Lipinski definition) is 0. The molecule has 1 heterocycles. The van der Waals surface area contributed by atoms with Gasteiger partial charge in [-0.15, -0.1) is 0 Å². The molecule has 5 heteroatoms. The number of hydrogen-bond acceptors (Lipinski definition) is 5. The number of nitrogens with zero attached hydrogens (tertiary/aromatic N) is 1. The molecule has 5 nitrogen and oxygen atoms in total. The summed E-state index contributed by atoms with van der Waals surface area (Å²) in [6.45, 7) is 4.01. The first-order valence-electron chi connectivity index (χ1n) is 7.29. The minimum atomic E-state index is -0.569. The van der Waals surface area contributed by atoms with E-state index in [1.165, 1.54) is 26.2 Å². The molecule has 0 aliphatic carbocycles. The number of piperidine rings is 1. The zero-order chi connectivity index (χ0) is 15.1. The summed E-state index contributed by atoms with van der Waals surface area (Å²) in [6.07, 6.45) is 3.80. The van der Waals surface area contributed by atoms with Gasteiger partial charge in [0.2, 0.25) is 0 Å². The number of benzene rings is 1. The van der Waals surface area contributed by atoms with Gasteiger partial charge in [0, 0.05) is 13.5 Å². The van der Waals surface area contributed by atoms with Gasteiger partial charge >= 0.3 is 11.9 Å². The van der Waals surface area contributed by atoms with E-state index in [9.17, 15) is 9.59 Å². The minimum absolute atomic E-state index is 0.355. The lowest BCUT2D eigenvalue weighted by atomic mass is 10.1. The highest BCUT2D eigenvalue weighted by atomic mass is 16.6. The summed E-state index contributed by atoms with van der Waals surface area (Å²) in [5.74, 6) is -0.576. The molecular weight excluding hydrogens is 270 g/mol. The average Bonchev–Trinajstić information content (AvgIpc) is 2.46. The van der Waals surface area contributed by atoms with Crippen molar-refractivity contribution in [2.75, 3.05) is 19.7 Å². The van der Waals surface area contributed by atoms with Crippen LogP contribution in [0, 0.1) is 0 Å². The first-order valence-corrected chi connectivity index (χ1v) is 7.29. The van der Waals surface area contributed by atoms with E-state index in [2.05, 4.69) is 9.64 Å². The standard InChI is InChI=1S/C16H21NO4/c1-13(18)20-12-16(19)21-15-7-5-6-14(10-15)11-17-8-3-2-4-9-17/h5-7,10H,2-4,8-9,11-12H2,1H3. The van der Waals surface area contributed by atoms with Gasteiger partial charge in [-0.2, -0.15) is 0 Å². The maximum Gasteiger partial charge on any atom is 0.349 e. The van der Waals surface area contributed by atoms with E-state index in [0.29, 0.717) is 5.75 Å². The van der Waals surface area contributed by atoms with Gasteiger partial charge in [0.25, 0.3) is 0 Å². The normalized spacial score (nSPS) is 15.5. The molecular formula is C16H21NO4. The number of rotatable bonds is 5. The Balaban J connectivity index is 1.87. The monoisotopic (exact) mass is 291 g/mol. The number of carbonyl (C=O) groups excluding carboxylic acids is 2. The Hall–Kier alpha value is -1.88. The van der Waals surface area contributed by atoms with Gasteiger partial charge in [-0.1, -0.05) is 18.6 Å². The molecule has 21 heavy (non-hydrogen) atoms. The highest BCUT2D eigenvalue weighted by Crippen LogP contribution is 2.17. The molecule has 0 saturated carbocycles. The van der Waals surface area contributed by atoms with Crippen LogP contribution in [0.15, 0.2) is 24.3 Å². The van der Waals surface area contributed by atoms with E-state index in [0.717, 1.165) is 25.2 Å². The van der Waals surface area contributed by atoms with E-state index < -0.39 is 11.9 Å². The molecule has 1 aromatic rings. The Labute approximate surface area is 124 Å². The van der Waals surface area contributed by atoms with Gasteiger partial charge in [0.05, 0.1) is 0 Å². The van der Waals surface area contributed by atoms with Gasteiger partial charge in [-0.3, -0.25) is 9.69 Å². The van der Waals surface area contributed by atoms with Gasteiger partial charge in [-0.05, 0) is 43.6 Å². The third-order valence-corrected chi connectivity index (χ3v) is 3.38. The van der Waals surface area contributed by atoms with Crippen LogP contribution in [0.25, 0.3) is 0 Å². The van der Waals surface area contributed by atoms with Crippen LogP contribution in [0.5, 0.6) is 5.75 Å². The van der Waals surface area contributed by atoms with Crippen LogP contribution in [-0.2, 0) is 20.9 Å². The molecule has 0 radical (unpaired) electrons. The fraction of sp³-hybridized carbons (Fsp3) is 0.500. The summed E-state index contributed by atoms with van der Waals surface area (Å²) in [7, 11) is 0. The lowest BCUT2D eigenvalue weighted by Gasteiger charge is -2.26. The van der Waals surface area contributed by atoms with E-state index in [1.807, 2.05) is 18.2 Å². The summed E-state index contributed by atoms with van der Waals surface area (Å²) in [5.41, 5.74) is 1.12. The fourth-order valence-corrected chi connectivity index (χ4v) is 2.40. The first kappa shape index (κ1) is 15.5. The van der Waals surface area contributed by atoms with Crippen LogP contribution >= 0.6 is 0 Å². The van der Waals surface area contributed by atoms with Gasteiger partial charge in [-0.25, -0.2) is 4.79 Å². The van der Waals surface area contributed by atoms with Crippen molar-refractivity contribution in [3.8, 4) is 5.75 Å². The molecule has 114 valence electrons. The molecule has 0 unspecified atom stereocenters. The van der Waals surface area contributed by atoms with Gasteiger partial charge in [0.1, 0.15) is 5.75 Å². The SMILES string of the molecule is CC(=O)OCC(=O)Oc1cccc(CN2CCCCC2)c1. The van der Waals surface area contributed by atoms with Crippen LogP contribution in [-0.4, -0.2) is 36.5 Å². The highest BCUT2D eigenvalue weighted by molar-refractivity contribution is 5.77. The Morgan fingerprint density at radius 3 is 2.67 bits per heavy atom. The predicted molar refractivity (Wildman–Crippen MR) is 77.8 cm³/mol. The molecule has 0 spiro atoms. The molecule has 1 aliphatic rings. The molecule has 1 aliphatic heterocycles. The predicted octanol–water partition coefficient (Wildman–Crippen LogP) is 2.14. The van der Waals surface area contributed by atoms with Gasteiger partial charge in [0.15, 0.2) is 6.61 Å². The van der Waals surface area contributed by atoms with Crippen LogP contribution in [0.1, 0.15) is 31.7 Å². The quantitative estimate of drug-likeness (QED) is 0.614. The van der Waals surface area contributed by atoms with E-state index in [4.69, 9.17) is 4.74 Å². The van der Waals surface area contributed by atoms with Crippen molar-refractivity contribution in [1.29, 1.82) is 0 Å². The third-order valence-electron chi connectivity index (χ3n) is 3.38. The summed E-state index contributed by atoms with van der Waals surface area (Å²) in [5, 5.41) is 0. The molecule has 0 aromatic heterocycles. The summed E-state index contributed by atoms with van der Waals surface area (Å²) in [4.78, 5) is 24.6. The van der Waals surface area contributed by atoms with Crippen molar-refractivity contribution >= 4 is 11.9 Å². The fourth-order valence-electron chi connectivity index (χ4n) is 2.40. The van der Waals surface area contributed by atoms with Crippen molar-refractivity contribution in [1.82, 2.24) is 4.90 Å². The smallest absolute Gasteiger partial charge is 0.349 e. The lowest BCUT2D eigenvalue weighted by molar-refractivity contribution is -0.152. The second kappa shape index (κ2) is 7.78. The van der Waals surface area contributed by atoms with Crippen molar-refractivity contribution in [3.63, 3.8) is 0 Å². The highest BCUT2D eigenvalue weighted by Gasteiger charge is 2.12. The third kappa shape index (κ3) is 5.55. The first-order chi connectivity index (χ1) is 10.1. The van der Waals surface area contributed by atoms with Crippen molar-refractivity contribution < 1.29 is 19.1 Å². The number of likely N-dealkylation sites (tertiary alicyclic amines) is 1. The Kier molecular flexibility index (Phi) is 5.75. The second-order valence-electron chi connectivity index (χ2n) is 5.24. The van der Waals surface area contributed by atoms with Crippen LogP contribution in [0.3, 0.4) is 0 Å². The molecule has 0 bridgehead atoms. The molecule has 1 fully saturated rings. The minimum Gasteiger partial charge on any atom is -0.454 e. The van der Waals surface area contributed by atoms with Crippen molar-refractivity contribution in [2.45, 2.75) is 32.7 Å². The molecule has 0 N–H and O–H groups in total. The van der Waals surface area contributed by atoms with Crippen LogP contribution < -0.4 is 4.74 Å². The van der Waals surface area contributed by atoms with Crippen LogP contribution in [0.4, 0.5) is 0 Å². The van der Waals surface area contributed by atoms with E-state index in [1.54, 1.807) is 6.07 Å². The van der Waals surface area contributed by atoms with Gasteiger partial charge < -0.3 is 9.47 Å². The molecule has 0 atom stereocenters. The molecule has 1 saturated heterocycles. The maximum absolute atomic E-state index is 11.5. The van der Waals surface area contributed by atoms with Crippen LogP contribution in [0.2, 0.25) is 0 Å². The van der Waals surface area contributed by atoms with Crippen molar-refractivity contribution in [3.05, 3.63) is 29.8 Å². The molecule has 1 aromatic carbocycles.